The van der Waals surface area contributed by atoms with Gasteiger partial charge in [0.05, 0.1) is 11.9 Å². The van der Waals surface area contributed by atoms with Crippen molar-refractivity contribution in [2.24, 2.45) is 5.92 Å². The molecule has 16 heavy (non-hydrogen) atoms. The smallest absolute Gasteiger partial charge is 0.368 e. The SMILES string of the molecule is [CH2][C@@H]1CCN(c2cncnc2C(F)(F)F)C1. The van der Waals surface area contributed by atoms with Crippen molar-refractivity contribution in [2.45, 2.75) is 12.6 Å². The minimum Gasteiger partial charge on any atom is -0.368 e. The van der Waals surface area contributed by atoms with E-state index in [1.54, 1.807) is 4.90 Å². The van der Waals surface area contributed by atoms with E-state index in [2.05, 4.69) is 16.9 Å². The Morgan fingerprint density at radius 3 is 2.75 bits per heavy atom. The summed E-state index contributed by atoms with van der Waals surface area (Å²) in [6, 6.07) is 0. The summed E-state index contributed by atoms with van der Waals surface area (Å²) in [4.78, 5) is 8.62. The molecule has 0 aliphatic carbocycles. The van der Waals surface area contributed by atoms with Crippen LogP contribution in [0.25, 0.3) is 0 Å². The van der Waals surface area contributed by atoms with Crippen molar-refractivity contribution < 1.29 is 13.2 Å². The predicted octanol–water partition coefficient (Wildman–Crippen LogP) is 2.16. The van der Waals surface area contributed by atoms with Gasteiger partial charge in [-0.1, -0.05) is 0 Å². The van der Waals surface area contributed by atoms with E-state index in [1.165, 1.54) is 6.20 Å². The maximum atomic E-state index is 12.7. The van der Waals surface area contributed by atoms with Crippen LogP contribution in [-0.2, 0) is 6.18 Å². The molecule has 1 aliphatic heterocycles. The molecule has 0 bridgehead atoms. The van der Waals surface area contributed by atoms with E-state index in [0.717, 1.165) is 12.7 Å². The molecule has 0 amide bonds. The van der Waals surface area contributed by atoms with Gasteiger partial charge in [0, 0.05) is 13.1 Å². The van der Waals surface area contributed by atoms with Gasteiger partial charge >= 0.3 is 6.18 Å². The molecule has 0 saturated carbocycles. The number of rotatable bonds is 1. The molecule has 1 fully saturated rings. The first kappa shape index (κ1) is 11.2. The zero-order valence-electron chi connectivity index (χ0n) is 8.54. The van der Waals surface area contributed by atoms with Crippen LogP contribution >= 0.6 is 0 Å². The van der Waals surface area contributed by atoms with Crippen LogP contribution in [0.3, 0.4) is 0 Å². The van der Waals surface area contributed by atoms with E-state index in [9.17, 15) is 13.2 Å². The lowest BCUT2D eigenvalue weighted by atomic mass is 10.2. The van der Waals surface area contributed by atoms with E-state index < -0.39 is 11.9 Å². The molecule has 0 spiro atoms. The van der Waals surface area contributed by atoms with Gasteiger partial charge in [-0.2, -0.15) is 13.2 Å². The molecule has 87 valence electrons. The third kappa shape index (κ3) is 2.10. The Labute approximate surface area is 91.3 Å². The van der Waals surface area contributed by atoms with Gasteiger partial charge in [-0.3, -0.25) is 0 Å². The number of halogens is 3. The maximum absolute atomic E-state index is 12.7. The highest BCUT2D eigenvalue weighted by Gasteiger charge is 2.37. The van der Waals surface area contributed by atoms with Crippen LogP contribution in [0.4, 0.5) is 18.9 Å². The molecule has 1 aromatic heterocycles. The first-order valence-corrected chi connectivity index (χ1v) is 4.93. The monoisotopic (exact) mass is 230 g/mol. The number of nitrogens with zero attached hydrogens (tertiary/aromatic N) is 3. The van der Waals surface area contributed by atoms with E-state index in [0.29, 0.717) is 13.1 Å². The van der Waals surface area contributed by atoms with Gasteiger partial charge in [0.2, 0.25) is 0 Å². The molecule has 2 rings (SSSR count). The van der Waals surface area contributed by atoms with Gasteiger partial charge in [-0.15, -0.1) is 0 Å². The highest BCUT2D eigenvalue weighted by Crippen LogP contribution is 2.35. The predicted molar refractivity (Wildman–Crippen MR) is 52.7 cm³/mol. The van der Waals surface area contributed by atoms with Crippen molar-refractivity contribution in [1.82, 2.24) is 9.97 Å². The summed E-state index contributed by atoms with van der Waals surface area (Å²) in [6.07, 6.45) is -1.50. The van der Waals surface area contributed by atoms with Crippen LogP contribution in [0.1, 0.15) is 12.1 Å². The van der Waals surface area contributed by atoms with E-state index in [4.69, 9.17) is 0 Å². The minimum absolute atomic E-state index is 0.0566. The first-order valence-electron chi connectivity index (χ1n) is 4.93. The topological polar surface area (TPSA) is 29.0 Å². The molecular weight excluding hydrogens is 219 g/mol. The normalized spacial score (nSPS) is 21.5. The average Bonchev–Trinajstić information content (AvgIpc) is 2.64. The number of hydrogen-bond acceptors (Lipinski definition) is 3. The van der Waals surface area contributed by atoms with Crippen LogP contribution in [-0.4, -0.2) is 23.1 Å². The zero-order valence-corrected chi connectivity index (χ0v) is 8.54. The van der Waals surface area contributed by atoms with Gasteiger partial charge in [-0.05, 0) is 19.3 Å². The molecule has 1 radical (unpaired) electrons. The minimum atomic E-state index is -4.43. The summed E-state index contributed by atoms with van der Waals surface area (Å²) in [5, 5.41) is 0. The van der Waals surface area contributed by atoms with Gasteiger partial charge in [-0.25, -0.2) is 9.97 Å². The average molecular weight is 230 g/mol. The largest absolute Gasteiger partial charge is 0.435 e. The van der Waals surface area contributed by atoms with E-state index >= 15 is 0 Å². The van der Waals surface area contributed by atoms with E-state index in [1.807, 2.05) is 0 Å². The molecule has 1 aromatic rings. The molecule has 3 nitrogen and oxygen atoms in total. The molecule has 0 N–H and O–H groups in total. The Morgan fingerprint density at radius 2 is 2.19 bits per heavy atom. The van der Waals surface area contributed by atoms with Crippen molar-refractivity contribution in [3.8, 4) is 0 Å². The second-order valence-corrected chi connectivity index (χ2v) is 3.86. The van der Waals surface area contributed by atoms with Crippen molar-refractivity contribution >= 4 is 5.69 Å². The summed E-state index contributed by atoms with van der Waals surface area (Å²) in [5.74, 6) is 0.168. The Kier molecular flexibility index (Phi) is 2.73. The highest BCUT2D eigenvalue weighted by atomic mass is 19.4. The van der Waals surface area contributed by atoms with Gasteiger partial charge in [0.15, 0.2) is 5.69 Å². The Morgan fingerprint density at radius 1 is 1.44 bits per heavy atom. The number of aromatic nitrogens is 2. The number of hydrogen-bond donors (Lipinski definition) is 0. The van der Waals surface area contributed by atoms with Gasteiger partial charge in [0.25, 0.3) is 0 Å². The van der Waals surface area contributed by atoms with Crippen LogP contribution in [0, 0.1) is 12.8 Å². The molecule has 0 aromatic carbocycles. The first-order chi connectivity index (χ1) is 7.48. The lowest BCUT2D eigenvalue weighted by Gasteiger charge is -2.21. The van der Waals surface area contributed by atoms with Crippen LogP contribution in [0.15, 0.2) is 12.5 Å². The standard InChI is InChI=1S/C10H11F3N3/c1-7-2-3-16(5-7)8-4-14-6-15-9(8)10(11,12)13/h4,6-7H,1-3,5H2/t7-/m1/s1. The van der Waals surface area contributed by atoms with Crippen molar-refractivity contribution in [3.05, 3.63) is 25.1 Å². The summed E-state index contributed by atoms with van der Waals surface area (Å²) < 4.78 is 38.0. The van der Waals surface area contributed by atoms with Gasteiger partial charge in [0.1, 0.15) is 6.33 Å². The highest BCUT2D eigenvalue weighted by molar-refractivity contribution is 5.50. The van der Waals surface area contributed by atoms with Crippen molar-refractivity contribution in [2.75, 3.05) is 18.0 Å². The zero-order chi connectivity index (χ0) is 11.8. The Hall–Kier alpha value is -1.33. The quantitative estimate of drug-likeness (QED) is 0.740. The summed E-state index contributed by atoms with van der Waals surface area (Å²) >= 11 is 0. The third-order valence-electron chi connectivity index (χ3n) is 2.59. The Bertz CT molecular complexity index is 378. The summed E-state index contributed by atoms with van der Waals surface area (Å²) in [7, 11) is 0. The summed E-state index contributed by atoms with van der Waals surface area (Å²) in [5.41, 5.74) is -0.808. The van der Waals surface area contributed by atoms with Crippen LogP contribution < -0.4 is 4.90 Å². The third-order valence-corrected chi connectivity index (χ3v) is 2.59. The van der Waals surface area contributed by atoms with Gasteiger partial charge < -0.3 is 4.90 Å². The lowest BCUT2D eigenvalue weighted by Crippen LogP contribution is -2.24. The van der Waals surface area contributed by atoms with E-state index in [-0.39, 0.29) is 11.6 Å². The molecule has 1 saturated heterocycles. The fourth-order valence-electron chi connectivity index (χ4n) is 1.82. The molecule has 2 heterocycles. The van der Waals surface area contributed by atoms with Crippen molar-refractivity contribution in [1.29, 1.82) is 0 Å². The lowest BCUT2D eigenvalue weighted by molar-refractivity contribution is -0.140. The number of anilines is 1. The number of alkyl halides is 3. The second kappa shape index (κ2) is 3.92. The molecule has 0 unspecified atom stereocenters. The Balaban J connectivity index is 2.34. The van der Waals surface area contributed by atoms with Crippen LogP contribution in [0.2, 0.25) is 0 Å². The second-order valence-electron chi connectivity index (χ2n) is 3.86. The fraction of sp³-hybridized carbons (Fsp3) is 0.500. The van der Waals surface area contributed by atoms with Crippen molar-refractivity contribution in [3.63, 3.8) is 0 Å². The van der Waals surface area contributed by atoms with Crippen LogP contribution in [0.5, 0.6) is 0 Å². The molecule has 1 atom stereocenters. The molecule has 1 aliphatic rings. The maximum Gasteiger partial charge on any atom is 0.435 e. The summed E-state index contributed by atoms with van der Waals surface area (Å²) in [6.45, 7) is 4.94. The molecular formula is C10H11F3N3. The fourth-order valence-corrected chi connectivity index (χ4v) is 1.82. The molecule has 6 heteroatoms.